The molecule has 3 rings (SSSR count). The fourth-order valence-corrected chi connectivity index (χ4v) is 2.73. The van der Waals surface area contributed by atoms with Gasteiger partial charge in [0.05, 0.1) is 6.61 Å². The summed E-state index contributed by atoms with van der Waals surface area (Å²) in [6.45, 7) is 1.89. The van der Waals surface area contributed by atoms with Crippen molar-refractivity contribution < 1.29 is 18.3 Å². The second-order valence-electron chi connectivity index (χ2n) is 5.66. The number of anilines is 1. The summed E-state index contributed by atoms with van der Waals surface area (Å²) in [5, 5.41) is 9.25. The number of nitrogens with zero attached hydrogens (tertiary/aromatic N) is 2. The molecule has 2 aromatic rings. The van der Waals surface area contributed by atoms with E-state index in [1.165, 1.54) is 12.3 Å². The van der Waals surface area contributed by atoms with Crippen molar-refractivity contribution in [2.75, 3.05) is 11.9 Å². The van der Waals surface area contributed by atoms with Crippen LogP contribution in [-0.2, 0) is 6.54 Å². The minimum atomic E-state index is -2.49. The van der Waals surface area contributed by atoms with Crippen LogP contribution in [0.15, 0.2) is 36.5 Å². The highest BCUT2D eigenvalue weighted by atomic mass is 19.3. The Morgan fingerprint density at radius 2 is 2.21 bits per heavy atom. The lowest BCUT2D eigenvalue weighted by Crippen LogP contribution is -2.40. The first-order chi connectivity index (χ1) is 11.5. The summed E-state index contributed by atoms with van der Waals surface area (Å²) in [7, 11) is 0. The molecule has 2 unspecified atom stereocenters. The Morgan fingerprint density at radius 1 is 1.42 bits per heavy atom. The minimum absolute atomic E-state index is 0.0586. The topological polar surface area (TPSA) is 68.2 Å². The monoisotopic (exact) mass is 336 g/mol. The quantitative estimate of drug-likeness (QED) is 0.882. The number of urea groups is 1. The van der Waals surface area contributed by atoms with E-state index in [1.807, 2.05) is 31.2 Å². The number of carbonyl (C=O) groups excluding carboxylic acids is 1. The molecule has 24 heavy (non-hydrogen) atoms. The van der Waals surface area contributed by atoms with E-state index in [0.717, 1.165) is 16.0 Å². The van der Waals surface area contributed by atoms with Crippen LogP contribution in [0, 0.1) is 0 Å². The molecule has 0 saturated heterocycles. The van der Waals surface area contributed by atoms with E-state index >= 15 is 0 Å². The highest BCUT2D eigenvalue weighted by molar-refractivity contribution is 5.88. The highest BCUT2D eigenvalue weighted by Gasteiger charge is 2.29. The SMILES string of the molecule is CC(NC(=O)Nc1ccn(CC(F)F)n1)C1COc2ccccc21. The highest BCUT2D eigenvalue weighted by Crippen LogP contribution is 2.35. The van der Waals surface area contributed by atoms with Gasteiger partial charge in [0.1, 0.15) is 12.3 Å². The van der Waals surface area contributed by atoms with Crippen molar-refractivity contribution in [3.05, 3.63) is 42.1 Å². The molecule has 2 N–H and O–H groups in total. The maximum atomic E-state index is 12.3. The van der Waals surface area contributed by atoms with E-state index in [2.05, 4.69) is 15.7 Å². The molecule has 1 aliphatic heterocycles. The maximum Gasteiger partial charge on any atom is 0.320 e. The van der Waals surface area contributed by atoms with Crippen molar-refractivity contribution in [1.82, 2.24) is 15.1 Å². The number of hydrogen-bond donors (Lipinski definition) is 2. The fraction of sp³-hybridized carbons (Fsp3) is 0.375. The third-order valence-electron chi connectivity index (χ3n) is 3.91. The molecule has 0 radical (unpaired) electrons. The maximum absolute atomic E-state index is 12.3. The van der Waals surface area contributed by atoms with E-state index in [4.69, 9.17) is 4.74 Å². The van der Waals surface area contributed by atoms with Gasteiger partial charge in [-0.05, 0) is 13.0 Å². The zero-order valence-corrected chi connectivity index (χ0v) is 13.1. The first kappa shape index (κ1) is 16.2. The van der Waals surface area contributed by atoms with Crippen LogP contribution < -0.4 is 15.4 Å². The predicted molar refractivity (Wildman–Crippen MR) is 84.5 cm³/mol. The summed E-state index contributed by atoms with van der Waals surface area (Å²) in [4.78, 5) is 12.1. The normalized spacial score (nSPS) is 17.2. The number of fused-ring (bicyclic) bond motifs is 1. The van der Waals surface area contributed by atoms with Gasteiger partial charge in [-0.25, -0.2) is 13.6 Å². The molecule has 0 fully saturated rings. The lowest BCUT2D eigenvalue weighted by molar-refractivity contribution is 0.122. The van der Waals surface area contributed by atoms with Gasteiger partial charge in [-0.15, -0.1) is 0 Å². The first-order valence-corrected chi connectivity index (χ1v) is 7.64. The van der Waals surface area contributed by atoms with Crippen LogP contribution in [0.3, 0.4) is 0 Å². The van der Waals surface area contributed by atoms with E-state index < -0.39 is 19.0 Å². The van der Waals surface area contributed by atoms with Crippen LogP contribution in [0.5, 0.6) is 5.75 Å². The van der Waals surface area contributed by atoms with Crippen molar-refractivity contribution in [3.8, 4) is 5.75 Å². The molecule has 0 bridgehead atoms. The Morgan fingerprint density at radius 3 is 3.00 bits per heavy atom. The molecule has 2 heterocycles. The van der Waals surface area contributed by atoms with E-state index in [-0.39, 0.29) is 17.8 Å². The molecular formula is C16H18F2N4O2. The first-order valence-electron chi connectivity index (χ1n) is 7.64. The van der Waals surface area contributed by atoms with Crippen LogP contribution in [-0.4, -0.2) is 34.9 Å². The molecule has 1 aliphatic rings. The molecule has 0 spiro atoms. The van der Waals surface area contributed by atoms with Crippen LogP contribution in [0.25, 0.3) is 0 Å². The van der Waals surface area contributed by atoms with Crippen molar-refractivity contribution >= 4 is 11.8 Å². The van der Waals surface area contributed by atoms with E-state index in [9.17, 15) is 13.6 Å². The summed E-state index contributed by atoms with van der Waals surface area (Å²) in [5.41, 5.74) is 1.06. The van der Waals surface area contributed by atoms with Crippen molar-refractivity contribution in [3.63, 3.8) is 0 Å². The van der Waals surface area contributed by atoms with Gasteiger partial charge in [0.15, 0.2) is 5.82 Å². The second kappa shape index (κ2) is 6.86. The molecule has 0 aliphatic carbocycles. The smallest absolute Gasteiger partial charge is 0.320 e. The summed E-state index contributed by atoms with van der Waals surface area (Å²) in [5.74, 6) is 1.12. The van der Waals surface area contributed by atoms with Crippen LogP contribution in [0.1, 0.15) is 18.4 Å². The van der Waals surface area contributed by atoms with Gasteiger partial charge < -0.3 is 10.1 Å². The van der Waals surface area contributed by atoms with Crippen molar-refractivity contribution in [2.45, 2.75) is 31.9 Å². The second-order valence-corrected chi connectivity index (χ2v) is 5.66. The summed E-state index contributed by atoms with van der Waals surface area (Å²) >= 11 is 0. The fourth-order valence-electron chi connectivity index (χ4n) is 2.73. The van der Waals surface area contributed by atoms with Gasteiger partial charge in [0, 0.05) is 29.8 Å². The van der Waals surface area contributed by atoms with Crippen molar-refractivity contribution in [2.24, 2.45) is 0 Å². The van der Waals surface area contributed by atoms with Gasteiger partial charge >= 0.3 is 6.03 Å². The summed E-state index contributed by atoms with van der Waals surface area (Å²) < 4.78 is 31.3. The lowest BCUT2D eigenvalue weighted by Gasteiger charge is -2.19. The summed E-state index contributed by atoms with van der Waals surface area (Å²) in [6, 6.07) is 8.60. The predicted octanol–water partition coefficient (Wildman–Crippen LogP) is 2.83. The zero-order valence-electron chi connectivity index (χ0n) is 13.1. The Kier molecular flexibility index (Phi) is 4.64. The Hall–Kier alpha value is -2.64. The molecule has 0 saturated carbocycles. The average molecular weight is 336 g/mol. The molecule has 2 amide bonds. The number of benzene rings is 1. The minimum Gasteiger partial charge on any atom is -0.493 e. The Bertz CT molecular complexity index is 720. The van der Waals surface area contributed by atoms with Gasteiger partial charge in [0.25, 0.3) is 6.43 Å². The third kappa shape index (κ3) is 3.64. The number of ether oxygens (including phenoxy) is 1. The third-order valence-corrected chi connectivity index (χ3v) is 3.91. The van der Waals surface area contributed by atoms with E-state index in [1.54, 1.807) is 0 Å². The molecule has 1 aromatic carbocycles. The standard InChI is InChI=1S/C16H18F2N4O2/c1-10(12-9-24-13-5-3-2-4-11(12)13)19-16(23)20-15-6-7-22(21-15)8-14(17)18/h2-7,10,12,14H,8-9H2,1H3,(H2,19,20,21,23). The van der Waals surface area contributed by atoms with Gasteiger partial charge in [-0.3, -0.25) is 10.00 Å². The van der Waals surface area contributed by atoms with Gasteiger partial charge in [0.2, 0.25) is 0 Å². The number of halogens is 2. The largest absolute Gasteiger partial charge is 0.493 e. The molecule has 128 valence electrons. The number of aromatic nitrogens is 2. The van der Waals surface area contributed by atoms with Crippen LogP contribution >= 0.6 is 0 Å². The number of hydrogen-bond acceptors (Lipinski definition) is 3. The number of nitrogens with one attached hydrogen (secondary N) is 2. The molecule has 6 nitrogen and oxygen atoms in total. The van der Waals surface area contributed by atoms with Crippen LogP contribution in [0.2, 0.25) is 0 Å². The van der Waals surface area contributed by atoms with E-state index in [0.29, 0.717) is 6.61 Å². The number of rotatable bonds is 5. The van der Waals surface area contributed by atoms with Gasteiger partial charge in [-0.1, -0.05) is 18.2 Å². The molecule has 1 aromatic heterocycles. The Balaban J connectivity index is 1.56. The Labute approximate surface area is 137 Å². The lowest BCUT2D eigenvalue weighted by atomic mass is 9.94. The molecule has 2 atom stereocenters. The van der Waals surface area contributed by atoms with Crippen molar-refractivity contribution in [1.29, 1.82) is 0 Å². The zero-order chi connectivity index (χ0) is 17.1. The van der Waals surface area contributed by atoms with Crippen LogP contribution in [0.4, 0.5) is 19.4 Å². The number of alkyl halides is 2. The molecular weight excluding hydrogens is 318 g/mol. The number of para-hydroxylation sites is 1. The molecule has 8 heteroatoms. The van der Waals surface area contributed by atoms with Gasteiger partial charge in [-0.2, -0.15) is 5.10 Å². The average Bonchev–Trinajstić information content (AvgIpc) is 3.13. The summed E-state index contributed by atoms with van der Waals surface area (Å²) in [6.07, 6.45) is -1.10. The number of amides is 2. The number of carbonyl (C=O) groups is 1.